The van der Waals surface area contributed by atoms with E-state index in [0.29, 0.717) is 13.0 Å². The molecule has 37 heavy (non-hydrogen) atoms. The summed E-state index contributed by atoms with van der Waals surface area (Å²) in [4.78, 5) is 10.7. The molecular formula is C33H42O4. The molecule has 0 aliphatic heterocycles. The van der Waals surface area contributed by atoms with E-state index in [-0.39, 0.29) is 11.8 Å². The average Bonchev–Trinajstić information content (AvgIpc) is 2.85. The molecule has 0 atom stereocenters. The Morgan fingerprint density at radius 3 is 1.89 bits per heavy atom. The van der Waals surface area contributed by atoms with Gasteiger partial charge in [0, 0.05) is 11.8 Å². The number of carbonyl (C=O) groups is 1. The summed E-state index contributed by atoms with van der Waals surface area (Å²) in [6, 6.07) is 21.5. The lowest BCUT2D eigenvalue weighted by Gasteiger charge is -2.34. The van der Waals surface area contributed by atoms with Gasteiger partial charge >= 0.3 is 5.97 Å². The first-order valence-corrected chi connectivity index (χ1v) is 13.4. The van der Waals surface area contributed by atoms with Gasteiger partial charge in [-0.25, -0.2) is 0 Å². The molecule has 0 radical (unpaired) electrons. The van der Waals surface area contributed by atoms with E-state index in [0.717, 1.165) is 41.7 Å². The van der Waals surface area contributed by atoms with Crippen LogP contribution in [0.25, 0.3) is 11.1 Å². The maximum atomic E-state index is 10.7. The lowest BCUT2D eigenvalue weighted by Crippen LogP contribution is -2.26. The number of carboxylic acid groups (broad SMARTS) is 1. The summed E-state index contributed by atoms with van der Waals surface area (Å²) in [5, 5.41) is 19.1. The number of carboxylic acids is 1. The third kappa shape index (κ3) is 6.61. The highest BCUT2D eigenvalue weighted by atomic mass is 16.5. The van der Waals surface area contributed by atoms with Gasteiger partial charge in [0.15, 0.2) is 0 Å². The molecule has 2 N–H and O–H groups in total. The third-order valence-corrected chi connectivity index (χ3v) is 7.66. The predicted molar refractivity (Wildman–Crippen MR) is 151 cm³/mol. The molecule has 3 aromatic carbocycles. The zero-order valence-corrected chi connectivity index (χ0v) is 23.2. The van der Waals surface area contributed by atoms with Crippen LogP contribution < -0.4 is 4.74 Å². The highest BCUT2D eigenvalue weighted by molar-refractivity contribution is 5.68. The number of ether oxygens (including phenoxy) is 1. The number of benzene rings is 3. The molecule has 3 aromatic rings. The van der Waals surface area contributed by atoms with Crippen LogP contribution in [0.5, 0.6) is 5.75 Å². The van der Waals surface area contributed by atoms with E-state index in [4.69, 9.17) is 9.84 Å². The summed E-state index contributed by atoms with van der Waals surface area (Å²) in [5.74, 6) is 0.101. The molecular weight excluding hydrogens is 460 g/mol. The minimum atomic E-state index is -0.849. The average molecular weight is 503 g/mol. The molecule has 0 fully saturated rings. The highest BCUT2D eigenvalue weighted by Gasteiger charge is 2.31. The number of hydrogen-bond acceptors (Lipinski definition) is 3. The van der Waals surface area contributed by atoms with Crippen molar-refractivity contribution < 1.29 is 19.7 Å². The second kappa shape index (κ2) is 12.0. The summed E-state index contributed by atoms with van der Waals surface area (Å²) in [6.45, 7) is 12.9. The quantitative estimate of drug-likeness (QED) is 0.247. The zero-order chi connectivity index (χ0) is 27.2. The van der Waals surface area contributed by atoms with Gasteiger partial charge in [-0.05, 0) is 98.4 Å². The van der Waals surface area contributed by atoms with Crippen LogP contribution in [0.3, 0.4) is 0 Å². The number of unbranched alkanes of at least 4 members (excludes halogenated alkanes) is 1. The van der Waals surface area contributed by atoms with Gasteiger partial charge < -0.3 is 14.9 Å². The number of hydrogen-bond donors (Lipinski definition) is 2. The van der Waals surface area contributed by atoms with Crippen molar-refractivity contribution in [2.45, 2.75) is 84.7 Å². The SMILES string of the molecule is CCC(CC)(c1ccc(OCCCCC(=O)O)c(C)c1)c1ccc(-c2ccc(C(C)(C)O)cc2)c(C)c1. The van der Waals surface area contributed by atoms with Crippen molar-refractivity contribution in [2.75, 3.05) is 6.61 Å². The van der Waals surface area contributed by atoms with Crippen LogP contribution in [-0.4, -0.2) is 22.8 Å². The van der Waals surface area contributed by atoms with E-state index in [1.807, 2.05) is 12.1 Å². The Hall–Kier alpha value is -3.11. The summed E-state index contributed by atoms with van der Waals surface area (Å²) in [5.41, 5.74) is 7.25. The molecule has 0 aliphatic carbocycles. The van der Waals surface area contributed by atoms with Gasteiger partial charge in [0.05, 0.1) is 12.2 Å². The molecule has 3 rings (SSSR count). The number of aliphatic hydroxyl groups is 1. The van der Waals surface area contributed by atoms with Crippen LogP contribution >= 0.6 is 0 Å². The number of aliphatic carboxylic acids is 1. The van der Waals surface area contributed by atoms with Crippen molar-refractivity contribution in [3.8, 4) is 16.9 Å². The summed E-state index contributed by atoms with van der Waals surface area (Å²) < 4.78 is 5.96. The van der Waals surface area contributed by atoms with Gasteiger partial charge in [-0.3, -0.25) is 4.79 Å². The topological polar surface area (TPSA) is 66.8 Å². The molecule has 0 aromatic heterocycles. The van der Waals surface area contributed by atoms with Gasteiger partial charge in [0.2, 0.25) is 0 Å². The van der Waals surface area contributed by atoms with E-state index >= 15 is 0 Å². The summed E-state index contributed by atoms with van der Waals surface area (Å²) in [7, 11) is 0. The molecule has 0 bridgehead atoms. The van der Waals surface area contributed by atoms with Crippen molar-refractivity contribution in [3.05, 3.63) is 88.5 Å². The maximum Gasteiger partial charge on any atom is 0.303 e. The largest absolute Gasteiger partial charge is 0.493 e. The molecule has 0 aliphatic rings. The summed E-state index contributed by atoms with van der Waals surface area (Å²) in [6.07, 6.45) is 3.50. The van der Waals surface area contributed by atoms with E-state index in [1.165, 1.54) is 22.3 Å². The van der Waals surface area contributed by atoms with E-state index in [1.54, 1.807) is 13.8 Å². The first-order chi connectivity index (χ1) is 17.5. The monoisotopic (exact) mass is 502 g/mol. The molecule has 4 heteroatoms. The van der Waals surface area contributed by atoms with Crippen LogP contribution in [0.2, 0.25) is 0 Å². The van der Waals surface area contributed by atoms with Gasteiger partial charge in [0.25, 0.3) is 0 Å². The van der Waals surface area contributed by atoms with E-state index in [2.05, 4.69) is 76.2 Å². The first-order valence-electron chi connectivity index (χ1n) is 13.4. The standard InChI is InChI=1S/C33H42O4/c1-7-33(8-2,28-17-19-30(24(4)22-28)37-20-10-9-11-31(34)35)27-16-18-29(23(3)21-27)25-12-14-26(15-13-25)32(5,6)36/h12-19,21-22,36H,7-11,20H2,1-6H3,(H,34,35). The lowest BCUT2D eigenvalue weighted by atomic mass is 9.69. The minimum absolute atomic E-state index is 0.0984. The molecule has 0 heterocycles. The number of rotatable bonds is 12. The van der Waals surface area contributed by atoms with Crippen LogP contribution in [0.1, 0.15) is 87.6 Å². The van der Waals surface area contributed by atoms with Gasteiger partial charge in [0.1, 0.15) is 5.75 Å². The summed E-state index contributed by atoms with van der Waals surface area (Å²) >= 11 is 0. The Morgan fingerprint density at radius 2 is 1.38 bits per heavy atom. The van der Waals surface area contributed by atoms with Gasteiger partial charge in [-0.15, -0.1) is 0 Å². The lowest BCUT2D eigenvalue weighted by molar-refractivity contribution is -0.137. The third-order valence-electron chi connectivity index (χ3n) is 7.66. The van der Waals surface area contributed by atoms with Gasteiger partial charge in [-0.2, -0.15) is 0 Å². The van der Waals surface area contributed by atoms with Crippen molar-refractivity contribution in [1.29, 1.82) is 0 Å². The molecule has 4 nitrogen and oxygen atoms in total. The molecule has 0 saturated carbocycles. The van der Waals surface area contributed by atoms with Crippen molar-refractivity contribution in [2.24, 2.45) is 0 Å². The zero-order valence-electron chi connectivity index (χ0n) is 23.2. The first kappa shape index (κ1) is 28.5. The fourth-order valence-corrected chi connectivity index (χ4v) is 5.25. The van der Waals surface area contributed by atoms with Crippen LogP contribution in [0.15, 0.2) is 60.7 Å². The Labute approximate surface area is 222 Å². The molecule has 0 spiro atoms. The Bertz CT molecular complexity index is 1200. The van der Waals surface area contributed by atoms with Crippen LogP contribution in [0.4, 0.5) is 0 Å². The maximum absolute atomic E-state index is 10.7. The predicted octanol–water partition coefficient (Wildman–Crippen LogP) is 7.94. The van der Waals surface area contributed by atoms with E-state index < -0.39 is 11.6 Å². The Balaban J connectivity index is 1.86. The second-order valence-corrected chi connectivity index (χ2v) is 10.6. The molecule has 0 unspecified atom stereocenters. The second-order valence-electron chi connectivity index (χ2n) is 10.6. The number of aryl methyl sites for hydroxylation is 2. The normalized spacial score (nSPS) is 12.0. The van der Waals surface area contributed by atoms with Crippen LogP contribution in [0, 0.1) is 13.8 Å². The van der Waals surface area contributed by atoms with Crippen molar-refractivity contribution in [3.63, 3.8) is 0 Å². The fraction of sp³-hybridized carbons (Fsp3) is 0.424. The van der Waals surface area contributed by atoms with Crippen molar-refractivity contribution >= 4 is 5.97 Å². The van der Waals surface area contributed by atoms with Gasteiger partial charge in [-0.1, -0.05) is 68.4 Å². The Morgan fingerprint density at radius 1 is 0.811 bits per heavy atom. The fourth-order valence-electron chi connectivity index (χ4n) is 5.25. The van der Waals surface area contributed by atoms with E-state index in [9.17, 15) is 9.90 Å². The van der Waals surface area contributed by atoms with Crippen LogP contribution in [-0.2, 0) is 15.8 Å². The molecule has 198 valence electrons. The smallest absolute Gasteiger partial charge is 0.303 e. The molecule has 0 amide bonds. The van der Waals surface area contributed by atoms with Crippen molar-refractivity contribution in [1.82, 2.24) is 0 Å². The minimum Gasteiger partial charge on any atom is -0.493 e. The highest BCUT2D eigenvalue weighted by Crippen LogP contribution is 2.42. The molecule has 0 saturated heterocycles. The Kier molecular flexibility index (Phi) is 9.20.